The standard InChI is InChI=1S/C20H33N3O/c1-20(2,3)15-6-8-17(9-7-15)24-18-10-11-19(22-14-18)23-16-5-4-12-21-13-16/h10-11,14-17,21H,4-9,12-13H2,1-3H3,(H,22,23)/t15-,16?,17-. The van der Waals surface area contributed by atoms with Crippen LogP contribution in [0.5, 0.6) is 5.75 Å². The summed E-state index contributed by atoms with van der Waals surface area (Å²) in [6.45, 7) is 9.23. The number of rotatable bonds is 4. The van der Waals surface area contributed by atoms with Crippen molar-refractivity contribution in [2.24, 2.45) is 11.3 Å². The van der Waals surface area contributed by atoms with Crippen LogP contribution >= 0.6 is 0 Å². The van der Waals surface area contributed by atoms with Crippen molar-refractivity contribution in [3.8, 4) is 5.75 Å². The molecule has 2 heterocycles. The third-order valence-electron chi connectivity index (χ3n) is 5.59. The van der Waals surface area contributed by atoms with Gasteiger partial charge in [0.15, 0.2) is 0 Å². The molecule has 0 bridgehead atoms. The van der Waals surface area contributed by atoms with Crippen molar-refractivity contribution in [2.75, 3.05) is 18.4 Å². The van der Waals surface area contributed by atoms with Crippen LogP contribution in [-0.4, -0.2) is 30.2 Å². The summed E-state index contributed by atoms with van der Waals surface area (Å²) in [5, 5.41) is 6.92. The van der Waals surface area contributed by atoms with Crippen LogP contribution in [0.15, 0.2) is 18.3 Å². The number of nitrogens with one attached hydrogen (secondary N) is 2. The van der Waals surface area contributed by atoms with Gasteiger partial charge in [-0.2, -0.15) is 0 Å². The van der Waals surface area contributed by atoms with E-state index in [2.05, 4.69) is 42.5 Å². The molecule has 24 heavy (non-hydrogen) atoms. The Morgan fingerprint density at radius 2 is 1.92 bits per heavy atom. The van der Waals surface area contributed by atoms with Gasteiger partial charge in [-0.15, -0.1) is 0 Å². The summed E-state index contributed by atoms with van der Waals surface area (Å²) in [6.07, 6.45) is 9.54. The van der Waals surface area contributed by atoms with Gasteiger partial charge in [0, 0.05) is 12.6 Å². The topological polar surface area (TPSA) is 46.2 Å². The smallest absolute Gasteiger partial charge is 0.138 e. The maximum atomic E-state index is 6.16. The van der Waals surface area contributed by atoms with Crippen molar-refractivity contribution < 1.29 is 4.74 Å². The maximum absolute atomic E-state index is 6.16. The molecule has 2 aliphatic rings. The molecule has 1 aromatic rings. The second-order valence-electron chi connectivity index (χ2n) is 8.52. The number of hydrogen-bond acceptors (Lipinski definition) is 4. The summed E-state index contributed by atoms with van der Waals surface area (Å²) < 4.78 is 6.16. The minimum Gasteiger partial charge on any atom is -0.489 e. The molecule has 1 unspecified atom stereocenters. The molecule has 4 heteroatoms. The van der Waals surface area contributed by atoms with Gasteiger partial charge < -0.3 is 15.4 Å². The van der Waals surface area contributed by atoms with Crippen LogP contribution in [0.25, 0.3) is 0 Å². The van der Waals surface area contributed by atoms with E-state index in [0.29, 0.717) is 17.6 Å². The Kier molecular flexibility index (Phi) is 5.65. The molecule has 2 fully saturated rings. The normalized spacial score (nSPS) is 28.4. The number of hydrogen-bond donors (Lipinski definition) is 2. The Morgan fingerprint density at radius 1 is 1.12 bits per heavy atom. The van der Waals surface area contributed by atoms with Gasteiger partial charge in [0.2, 0.25) is 0 Å². The van der Waals surface area contributed by atoms with Gasteiger partial charge in [-0.05, 0) is 68.5 Å². The van der Waals surface area contributed by atoms with E-state index in [0.717, 1.165) is 43.4 Å². The highest BCUT2D eigenvalue weighted by Crippen LogP contribution is 2.38. The fourth-order valence-corrected chi connectivity index (χ4v) is 3.96. The van der Waals surface area contributed by atoms with E-state index in [9.17, 15) is 0 Å². The molecule has 3 rings (SSSR count). The predicted octanol–water partition coefficient (Wildman–Crippen LogP) is 4.23. The molecule has 0 spiro atoms. The Bertz CT molecular complexity index is 495. The second-order valence-corrected chi connectivity index (χ2v) is 8.52. The van der Waals surface area contributed by atoms with Crippen molar-refractivity contribution in [3.63, 3.8) is 0 Å². The first-order valence-corrected chi connectivity index (χ1v) is 9.60. The van der Waals surface area contributed by atoms with Crippen LogP contribution in [0.1, 0.15) is 59.3 Å². The first-order valence-electron chi connectivity index (χ1n) is 9.60. The molecule has 0 amide bonds. The third kappa shape index (κ3) is 4.85. The fraction of sp³-hybridized carbons (Fsp3) is 0.750. The zero-order valence-corrected chi connectivity index (χ0v) is 15.5. The molecular formula is C20H33N3O. The molecule has 1 aromatic heterocycles. The van der Waals surface area contributed by atoms with Crippen LogP contribution in [-0.2, 0) is 0 Å². The largest absolute Gasteiger partial charge is 0.489 e. The summed E-state index contributed by atoms with van der Waals surface area (Å²) in [5.74, 6) is 2.68. The van der Waals surface area contributed by atoms with E-state index in [1.165, 1.54) is 25.7 Å². The maximum Gasteiger partial charge on any atom is 0.138 e. The van der Waals surface area contributed by atoms with Gasteiger partial charge in [-0.25, -0.2) is 4.98 Å². The minimum atomic E-state index is 0.353. The van der Waals surface area contributed by atoms with Crippen molar-refractivity contribution in [1.29, 1.82) is 0 Å². The third-order valence-corrected chi connectivity index (χ3v) is 5.59. The van der Waals surface area contributed by atoms with E-state index < -0.39 is 0 Å². The summed E-state index contributed by atoms with van der Waals surface area (Å²) in [5.41, 5.74) is 0.424. The lowest BCUT2D eigenvalue weighted by atomic mass is 9.72. The summed E-state index contributed by atoms with van der Waals surface area (Å²) in [6, 6.07) is 4.59. The highest BCUT2D eigenvalue weighted by Gasteiger charge is 2.30. The number of ether oxygens (including phenoxy) is 1. The molecule has 0 aromatic carbocycles. The molecule has 2 N–H and O–H groups in total. The van der Waals surface area contributed by atoms with Crippen LogP contribution in [0.2, 0.25) is 0 Å². The molecule has 1 saturated carbocycles. The van der Waals surface area contributed by atoms with Crippen LogP contribution < -0.4 is 15.4 Å². The van der Waals surface area contributed by atoms with Gasteiger partial charge in [0.25, 0.3) is 0 Å². The van der Waals surface area contributed by atoms with Crippen LogP contribution in [0.4, 0.5) is 5.82 Å². The number of piperidine rings is 1. The first kappa shape index (κ1) is 17.5. The predicted molar refractivity (Wildman–Crippen MR) is 99.6 cm³/mol. The summed E-state index contributed by atoms with van der Waals surface area (Å²) in [7, 11) is 0. The molecule has 1 saturated heterocycles. The van der Waals surface area contributed by atoms with Crippen molar-refractivity contribution in [1.82, 2.24) is 10.3 Å². The van der Waals surface area contributed by atoms with Gasteiger partial charge in [-0.3, -0.25) is 0 Å². The lowest BCUT2D eigenvalue weighted by Crippen LogP contribution is -2.38. The highest BCUT2D eigenvalue weighted by molar-refractivity contribution is 5.38. The average molecular weight is 332 g/mol. The highest BCUT2D eigenvalue weighted by atomic mass is 16.5. The molecule has 4 nitrogen and oxygen atoms in total. The van der Waals surface area contributed by atoms with E-state index in [-0.39, 0.29) is 0 Å². The number of nitrogens with zero attached hydrogens (tertiary/aromatic N) is 1. The zero-order valence-electron chi connectivity index (χ0n) is 15.5. The number of aromatic nitrogens is 1. The van der Waals surface area contributed by atoms with Gasteiger partial charge >= 0.3 is 0 Å². The lowest BCUT2D eigenvalue weighted by molar-refractivity contribution is 0.0880. The van der Waals surface area contributed by atoms with E-state index >= 15 is 0 Å². The monoisotopic (exact) mass is 331 g/mol. The van der Waals surface area contributed by atoms with Crippen molar-refractivity contribution in [2.45, 2.75) is 71.4 Å². The van der Waals surface area contributed by atoms with E-state index in [4.69, 9.17) is 4.74 Å². The average Bonchev–Trinajstić information content (AvgIpc) is 2.57. The first-order chi connectivity index (χ1) is 11.5. The number of anilines is 1. The van der Waals surface area contributed by atoms with Crippen LogP contribution in [0.3, 0.4) is 0 Å². The van der Waals surface area contributed by atoms with Crippen molar-refractivity contribution >= 4 is 5.82 Å². The molecule has 1 atom stereocenters. The molecular weight excluding hydrogens is 298 g/mol. The lowest BCUT2D eigenvalue weighted by Gasteiger charge is -2.36. The Labute approximate surface area is 146 Å². The molecule has 134 valence electrons. The number of pyridine rings is 1. The van der Waals surface area contributed by atoms with Gasteiger partial charge in [0.1, 0.15) is 11.6 Å². The van der Waals surface area contributed by atoms with Crippen LogP contribution in [0, 0.1) is 11.3 Å². The molecule has 1 aliphatic carbocycles. The van der Waals surface area contributed by atoms with Gasteiger partial charge in [-0.1, -0.05) is 20.8 Å². The Hall–Kier alpha value is -1.29. The fourth-order valence-electron chi connectivity index (χ4n) is 3.96. The van der Waals surface area contributed by atoms with Crippen molar-refractivity contribution in [3.05, 3.63) is 18.3 Å². The molecule has 1 aliphatic heterocycles. The summed E-state index contributed by atoms with van der Waals surface area (Å²) in [4.78, 5) is 4.53. The quantitative estimate of drug-likeness (QED) is 0.867. The second kappa shape index (κ2) is 7.73. The van der Waals surface area contributed by atoms with Gasteiger partial charge in [0.05, 0.1) is 12.3 Å². The zero-order chi connectivity index (χ0) is 17.0. The molecule has 0 radical (unpaired) electrons. The SMILES string of the molecule is CC(C)(C)[C@H]1CC[C@H](Oc2ccc(NC3CCCNC3)nc2)CC1. The summed E-state index contributed by atoms with van der Waals surface area (Å²) >= 11 is 0. The Morgan fingerprint density at radius 3 is 2.50 bits per heavy atom. The Balaban J connectivity index is 1.46. The van der Waals surface area contributed by atoms with E-state index in [1.54, 1.807) is 0 Å². The van der Waals surface area contributed by atoms with E-state index in [1.807, 2.05) is 12.3 Å². The minimum absolute atomic E-state index is 0.353.